The van der Waals surface area contributed by atoms with Gasteiger partial charge in [-0.25, -0.2) is 0 Å². The standard InChI is InChI=1S/C7H12N4/c8-7-2-4-11(10-7)6-1-3-9-5-6/h2,4,6,9H,1,3,5H2,(H2,8,10). The third-order valence-corrected chi connectivity index (χ3v) is 2.04. The summed E-state index contributed by atoms with van der Waals surface area (Å²) in [5.41, 5.74) is 5.49. The highest BCUT2D eigenvalue weighted by Gasteiger charge is 2.16. The lowest BCUT2D eigenvalue weighted by molar-refractivity contribution is 0.492. The van der Waals surface area contributed by atoms with Gasteiger partial charge in [-0.05, 0) is 19.0 Å². The minimum absolute atomic E-state index is 0.507. The van der Waals surface area contributed by atoms with E-state index in [1.54, 1.807) is 0 Å². The van der Waals surface area contributed by atoms with Crippen LogP contribution >= 0.6 is 0 Å². The summed E-state index contributed by atoms with van der Waals surface area (Å²) in [6, 6.07) is 2.34. The first-order valence-electron chi connectivity index (χ1n) is 3.87. The van der Waals surface area contributed by atoms with Gasteiger partial charge in [-0.2, -0.15) is 5.10 Å². The van der Waals surface area contributed by atoms with Crippen LogP contribution in [0.3, 0.4) is 0 Å². The Bertz CT molecular complexity index is 236. The zero-order chi connectivity index (χ0) is 7.68. The largest absolute Gasteiger partial charge is 0.382 e. The molecule has 0 bridgehead atoms. The quantitative estimate of drug-likeness (QED) is 0.595. The van der Waals surface area contributed by atoms with E-state index in [1.165, 1.54) is 0 Å². The van der Waals surface area contributed by atoms with Gasteiger partial charge in [0.15, 0.2) is 0 Å². The molecule has 0 saturated carbocycles. The minimum Gasteiger partial charge on any atom is -0.382 e. The normalized spacial score (nSPS) is 24.2. The van der Waals surface area contributed by atoms with Gasteiger partial charge in [-0.1, -0.05) is 0 Å². The van der Waals surface area contributed by atoms with Gasteiger partial charge in [-0.15, -0.1) is 0 Å². The van der Waals surface area contributed by atoms with E-state index in [1.807, 2.05) is 16.9 Å². The van der Waals surface area contributed by atoms with E-state index in [9.17, 15) is 0 Å². The first-order valence-corrected chi connectivity index (χ1v) is 3.87. The fourth-order valence-electron chi connectivity index (χ4n) is 1.42. The van der Waals surface area contributed by atoms with Crippen LogP contribution in [0.5, 0.6) is 0 Å². The van der Waals surface area contributed by atoms with E-state index in [4.69, 9.17) is 5.73 Å². The van der Waals surface area contributed by atoms with Crippen molar-refractivity contribution >= 4 is 5.82 Å². The summed E-state index contributed by atoms with van der Waals surface area (Å²) in [5, 5.41) is 7.43. The van der Waals surface area contributed by atoms with Gasteiger partial charge in [0.05, 0.1) is 6.04 Å². The molecule has 1 aromatic heterocycles. The summed E-state index contributed by atoms with van der Waals surface area (Å²) < 4.78 is 1.94. The molecule has 1 atom stereocenters. The lowest BCUT2D eigenvalue weighted by Gasteiger charge is -2.07. The predicted molar refractivity (Wildman–Crippen MR) is 43.2 cm³/mol. The molecule has 0 amide bonds. The first kappa shape index (κ1) is 6.67. The number of hydrogen-bond acceptors (Lipinski definition) is 3. The van der Waals surface area contributed by atoms with Gasteiger partial charge in [0.2, 0.25) is 0 Å². The molecule has 1 aromatic rings. The smallest absolute Gasteiger partial charge is 0.145 e. The van der Waals surface area contributed by atoms with Gasteiger partial charge >= 0.3 is 0 Å². The number of nitrogens with two attached hydrogens (primary N) is 1. The Kier molecular flexibility index (Phi) is 1.54. The zero-order valence-electron chi connectivity index (χ0n) is 6.33. The molecule has 1 aliphatic rings. The molecule has 60 valence electrons. The van der Waals surface area contributed by atoms with Crippen LogP contribution in [0.1, 0.15) is 12.5 Å². The predicted octanol–water partition coefficient (Wildman–Crippen LogP) is -0.000300. The van der Waals surface area contributed by atoms with Gasteiger partial charge in [0.1, 0.15) is 5.82 Å². The summed E-state index contributed by atoms with van der Waals surface area (Å²) in [6.07, 6.45) is 3.09. The van der Waals surface area contributed by atoms with Crippen LogP contribution in [-0.4, -0.2) is 22.9 Å². The van der Waals surface area contributed by atoms with Crippen molar-refractivity contribution in [1.82, 2.24) is 15.1 Å². The summed E-state index contributed by atoms with van der Waals surface area (Å²) >= 11 is 0. The Morgan fingerprint density at radius 1 is 1.73 bits per heavy atom. The monoisotopic (exact) mass is 152 g/mol. The van der Waals surface area contributed by atoms with Crippen molar-refractivity contribution in [2.45, 2.75) is 12.5 Å². The topological polar surface area (TPSA) is 55.9 Å². The minimum atomic E-state index is 0.507. The number of hydrogen-bond donors (Lipinski definition) is 2. The number of aromatic nitrogens is 2. The van der Waals surface area contributed by atoms with E-state index < -0.39 is 0 Å². The highest BCUT2D eigenvalue weighted by Crippen LogP contribution is 2.14. The lowest BCUT2D eigenvalue weighted by Crippen LogP contribution is -2.13. The Morgan fingerprint density at radius 3 is 3.18 bits per heavy atom. The molecule has 4 heteroatoms. The second-order valence-electron chi connectivity index (χ2n) is 2.87. The SMILES string of the molecule is Nc1ccn(C2CCNC2)n1. The van der Waals surface area contributed by atoms with E-state index in [2.05, 4.69) is 10.4 Å². The lowest BCUT2D eigenvalue weighted by atomic mass is 10.3. The van der Waals surface area contributed by atoms with Crippen molar-refractivity contribution in [2.75, 3.05) is 18.8 Å². The Morgan fingerprint density at radius 2 is 2.64 bits per heavy atom. The van der Waals surface area contributed by atoms with Crippen molar-refractivity contribution in [3.05, 3.63) is 12.3 Å². The van der Waals surface area contributed by atoms with Crippen molar-refractivity contribution < 1.29 is 0 Å². The maximum absolute atomic E-state index is 5.49. The zero-order valence-corrected chi connectivity index (χ0v) is 6.33. The average Bonchev–Trinajstić information content (AvgIpc) is 2.55. The summed E-state index contributed by atoms with van der Waals surface area (Å²) in [5.74, 6) is 0.608. The molecule has 2 heterocycles. The van der Waals surface area contributed by atoms with Gasteiger partial charge < -0.3 is 11.1 Å². The fraction of sp³-hybridized carbons (Fsp3) is 0.571. The fourth-order valence-corrected chi connectivity index (χ4v) is 1.42. The average molecular weight is 152 g/mol. The third-order valence-electron chi connectivity index (χ3n) is 2.04. The van der Waals surface area contributed by atoms with E-state index in [-0.39, 0.29) is 0 Å². The van der Waals surface area contributed by atoms with Gasteiger partial charge in [0, 0.05) is 12.7 Å². The number of nitrogens with one attached hydrogen (secondary N) is 1. The molecule has 0 aliphatic carbocycles. The van der Waals surface area contributed by atoms with Crippen LogP contribution in [0.2, 0.25) is 0 Å². The Balaban J connectivity index is 2.15. The van der Waals surface area contributed by atoms with Crippen LogP contribution in [0.15, 0.2) is 12.3 Å². The highest BCUT2D eigenvalue weighted by molar-refractivity contribution is 5.24. The molecule has 1 unspecified atom stereocenters. The summed E-state index contributed by atoms with van der Waals surface area (Å²) in [6.45, 7) is 2.10. The van der Waals surface area contributed by atoms with Crippen molar-refractivity contribution in [3.8, 4) is 0 Å². The molecule has 1 aliphatic heterocycles. The Labute approximate surface area is 65.4 Å². The molecule has 0 spiro atoms. The number of nitrogen functional groups attached to an aromatic ring is 1. The number of nitrogens with zero attached hydrogens (tertiary/aromatic N) is 2. The molecule has 4 nitrogen and oxygen atoms in total. The summed E-state index contributed by atoms with van der Waals surface area (Å²) in [7, 11) is 0. The van der Waals surface area contributed by atoms with Crippen LogP contribution in [-0.2, 0) is 0 Å². The number of rotatable bonds is 1. The van der Waals surface area contributed by atoms with E-state index in [0.717, 1.165) is 19.5 Å². The van der Waals surface area contributed by atoms with Crippen LogP contribution in [0, 0.1) is 0 Å². The van der Waals surface area contributed by atoms with Crippen LogP contribution < -0.4 is 11.1 Å². The van der Waals surface area contributed by atoms with Gasteiger partial charge in [0.25, 0.3) is 0 Å². The molecule has 1 fully saturated rings. The van der Waals surface area contributed by atoms with Gasteiger partial charge in [-0.3, -0.25) is 4.68 Å². The van der Waals surface area contributed by atoms with Crippen molar-refractivity contribution in [1.29, 1.82) is 0 Å². The number of anilines is 1. The molecule has 2 rings (SSSR count). The van der Waals surface area contributed by atoms with Crippen molar-refractivity contribution in [3.63, 3.8) is 0 Å². The summed E-state index contributed by atoms with van der Waals surface area (Å²) in [4.78, 5) is 0. The maximum Gasteiger partial charge on any atom is 0.145 e. The molecular formula is C7H12N4. The second-order valence-corrected chi connectivity index (χ2v) is 2.87. The van der Waals surface area contributed by atoms with Crippen LogP contribution in [0.4, 0.5) is 5.82 Å². The molecule has 1 saturated heterocycles. The second kappa shape index (κ2) is 2.54. The van der Waals surface area contributed by atoms with E-state index in [0.29, 0.717) is 11.9 Å². The molecular weight excluding hydrogens is 140 g/mol. The van der Waals surface area contributed by atoms with Crippen molar-refractivity contribution in [2.24, 2.45) is 0 Å². The van der Waals surface area contributed by atoms with Crippen LogP contribution in [0.25, 0.3) is 0 Å². The molecule has 0 aromatic carbocycles. The third kappa shape index (κ3) is 1.21. The first-order chi connectivity index (χ1) is 5.36. The van der Waals surface area contributed by atoms with E-state index >= 15 is 0 Å². The molecule has 11 heavy (non-hydrogen) atoms. The Hall–Kier alpha value is -1.03. The molecule has 3 N–H and O–H groups in total. The molecule has 0 radical (unpaired) electrons. The highest BCUT2D eigenvalue weighted by atomic mass is 15.3. The maximum atomic E-state index is 5.49.